The van der Waals surface area contributed by atoms with E-state index in [1.165, 1.54) is 37.4 Å². The first-order valence-corrected chi connectivity index (χ1v) is 9.24. The summed E-state index contributed by atoms with van der Waals surface area (Å²) in [5.41, 5.74) is 0.257. The largest absolute Gasteiger partial charge is 0.505 e. The fourth-order valence-corrected chi connectivity index (χ4v) is 2.63. The molecule has 0 aliphatic heterocycles. The summed E-state index contributed by atoms with van der Waals surface area (Å²) in [6.45, 7) is 6.62. The second-order valence-corrected chi connectivity index (χ2v) is 5.75. The topological polar surface area (TPSA) is 103 Å². The maximum Gasteiger partial charge on any atom is 0.341 e. The number of carbonyl (C=O) groups is 2. The van der Waals surface area contributed by atoms with Gasteiger partial charge in [-0.3, -0.25) is 4.79 Å². The number of hydrogen-bond acceptors (Lipinski definition) is 7. The van der Waals surface area contributed by atoms with Crippen molar-refractivity contribution in [3.05, 3.63) is 41.5 Å². The molecule has 0 aliphatic rings. The van der Waals surface area contributed by atoms with E-state index >= 15 is 0 Å². The molecule has 2 rings (SSSR count). The van der Waals surface area contributed by atoms with Gasteiger partial charge in [-0.15, -0.1) is 0 Å². The molecule has 29 heavy (non-hydrogen) atoms. The third-order valence-corrected chi connectivity index (χ3v) is 3.86. The SMILES string of the molecule is CCOc1cc(C(=O)Nc2cccc(C(=O)OC)c2O)cc(OCC)c1OCC. The number of hydrogen-bond donors (Lipinski definition) is 2. The van der Waals surface area contributed by atoms with Crippen LogP contribution in [0.4, 0.5) is 5.69 Å². The second-order valence-electron chi connectivity index (χ2n) is 5.75. The zero-order valence-electron chi connectivity index (χ0n) is 16.9. The van der Waals surface area contributed by atoms with Crippen molar-refractivity contribution >= 4 is 17.6 Å². The van der Waals surface area contributed by atoms with Gasteiger partial charge in [0, 0.05) is 5.56 Å². The molecule has 1 amide bonds. The van der Waals surface area contributed by atoms with Crippen LogP contribution in [0.5, 0.6) is 23.0 Å². The summed E-state index contributed by atoms with van der Waals surface area (Å²) >= 11 is 0. The second kappa shape index (κ2) is 10.2. The number of rotatable bonds is 9. The quantitative estimate of drug-likeness (QED) is 0.487. The van der Waals surface area contributed by atoms with E-state index in [1.54, 1.807) is 0 Å². The number of benzene rings is 2. The zero-order valence-corrected chi connectivity index (χ0v) is 16.9. The predicted molar refractivity (Wildman–Crippen MR) is 107 cm³/mol. The van der Waals surface area contributed by atoms with E-state index in [0.29, 0.717) is 37.1 Å². The number of carbonyl (C=O) groups excluding carboxylic acids is 2. The highest BCUT2D eigenvalue weighted by atomic mass is 16.5. The first-order valence-electron chi connectivity index (χ1n) is 9.24. The molecule has 2 N–H and O–H groups in total. The molecule has 0 radical (unpaired) electrons. The van der Waals surface area contributed by atoms with Crippen LogP contribution in [0.1, 0.15) is 41.5 Å². The summed E-state index contributed by atoms with van der Waals surface area (Å²) in [6.07, 6.45) is 0. The Kier molecular flexibility index (Phi) is 7.70. The Bertz CT molecular complexity index is 852. The van der Waals surface area contributed by atoms with Gasteiger partial charge < -0.3 is 29.4 Å². The van der Waals surface area contributed by atoms with Crippen molar-refractivity contribution in [3.8, 4) is 23.0 Å². The number of esters is 1. The first kappa shape index (κ1) is 21.9. The van der Waals surface area contributed by atoms with Crippen LogP contribution in [0.2, 0.25) is 0 Å². The summed E-state index contributed by atoms with van der Waals surface area (Å²) in [7, 11) is 1.21. The molecule has 0 atom stereocenters. The molecule has 0 unspecified atom stereocenters. The van der Waals surface area contributed by atoms with E-state index in [9.17, 15) is 14.7 Å². The molecular formula is C21H25NO7. The molecule has 0 bridgehead atoms. The number of phenolic OH excluding ortho intramolecular Hbond substituents is 1. The van der Waals surface area contributed by atoms with Crippen LogP contribution in [-0.2, 0) is 4.74 Å². The Balaban J connectivity index is 2.41. The third kappa shape index (κ3) is 5.10. The minimum atomic E-state index is -0.711. The molecule has 156 valence electrons. The van der Waals surface area contributed by atoms with Crippen molar-refractivity contribution in [1.82, 2.24) is 0 Å². The lowest BCUT2D eigenvalue weighted by Gasteiger charge is -2.17. The maximum atomic E-state index is 12.8. The summed E-state index contributed by atoms with van der Waals surface area (Å²) in [5, 5.41) is 12.9. The van der Waals surface area contributed by atoms with Crippen LogP contribution in [-0.4, -0.2) is 43.9 Å². The fourth-order valence-electron chi connectivity index (χ4n) is 2.63. The van der Waals surface area contributed by atoms with Crippen molar-refractivity contribution in [2.24, 2.45) is 0 Å². The van der Waals surface area contributed by atoms with E-state index in [0.717, 1.165) is 0 Å². The fraction of sp³-hybridized carbons (Fsp3) is 0.333. The van der Waals surface area contributed by atoms with Gasteiger partial charge in [-0.1, -0.05) is 6.07 Å². The lowest BCUT2D eigenvalue weighted by atomic mass is 10.1. The zero-order chi connectivity index (χ0) is 21.4. The van der Waals surface area contributed by atoms with Crippen molar-refractivity contribution in [2.45, 2.75) is 20.8 Å². The molecule has 2 aromatic carbocycles. The Morgan fingerprint density at radius 3 is 2.07 bits per heavy atom. The summed E-state index contributed by atoms with van der Waals surface area (Å²) in [4.78, 5) is 24.5. The lowest BCUT2D eigenvalue weighted by molar-refractivity contribution is 0.0597. The highest BCUT2D eigenvalue weighted by Crippen LogP contribution is 2.39. The monoisotopic (exact) mass is 403 g/mol. The number of methoxy groups -OCH3 is 1. The number of phenols is 1. The van der Waals surface area contributed by atoms with Gasteiger partial charge >= 0.3 is 5.97 Å². The van der Waals surface area contributed by atoms with Crippen LogP contribution in [0, 0.1) is 0 Å². The molecule has 8 nitrogen and oxygen atoms in total. The van der Waals surface area contributed by atoms with Gasteiger partial charge in [-0.05, 0) is 45.0 Å². The van der Waals surface area contributed by atoms with Crippen molar-refractivity contribution in [1.29, 1.82) is 0 Å². The number of anilines is 1. The van der Waals surface area contributed by atoms with Gasteiger partial charge in [-0.25, -0.2) is 4.79 Å². The summed E-state index contributed by atoms with van der Waals surface area (Å²) in [6, 6.07) is 7.47. The van der Waals surface area contributed by atoms with Crippen molar-refractivity contribution in [3.63, 3.8) is 0 Å². The van der Waals surface area contributed by atoms with Crippen LogP contribution in [0.3, 0.4) is 0 Å². The molecule has 0 aliphatic carbocycles. The van der Waals surface area contributed by atoms with Crippen molar-refractivity contribution in [2.75, 3.05) is 32.2 Å². The third-order valence-electron chi connectivity index (χ3n) is 3.86. The van der Waals surface area contributed by atoms with Crippen LogP contribution >= 0.6 is 0 Å². The van der Waals surface area contributed by atoms with E-state index in [1.807, 2.05) is 20.8 Å². The average molecular weight is 403 g/mol. The first-order chi connectivity index (χ1) is 14.0. The molecule has 0 aromatic heterocycles. The lowest BCUT2D eigenvalue weighted by Crippen LogP contribution is -2.14. The molecule has 0 saturated carbocycles. The molecule has 0 heterocycles. The predicted octanol–water partition coefficient (Wildman–Crippen LogP) is 3.63. The number of aromatic hydroxyl groups is 1. The van der Waals surface area contributed by atoms with Crippen LogP contribution < -0.4 is 19.5 Å². The Hall–Kier alpha value is -3.42. The molecule has 2 aromatic rings. The Morgan fingerprint density at radius 2 is 1.55 bits per heavy atom. The molecule has 0 saturated heterocycles. The van der Waals surface area contributed by atoms with Gasteiger partial charge in [0.1, 0.15) is 5.56 Å². The maximum absolute atomic E-state index is 12.8. The minimum Gasteiger partial charge on any atom is -0.505 e. The van der Waals surface area contributed by atoms with E-state index in [2.05, 4.69) is 10.1 Å². The van der Waals surface area contributed by atoms with Gasteiger partial charge in [-0.2, -0.15) is 0 Å². The standard InChI is InChI=1S/C21H25NO7/c1-5-27-16-11-13(12-17(28-6-2)19(16)29-7-3)20(24)22-15-10-8-9-14(18(15)23)21(25)26-4/h8-12,23H,5-7H2,1-4H3,(H,22,24). The molecule has 0 fully saturated rings. The van der Waals surface area contributed by atoms with Gasteiger partial charge in [0.15, 0.2) is 17.2 Å². The van der Waals surface area contributed by atoms with E-state index in [-0.39, 0.29) is 22.6 Å². The number of para-hydroxylation sites is 1. The van der Waals surface area contributed by atoms with Gasteiger partial charge in [0.2, 0.25) is 5.75 Å². The van der Waals surface area contributed by atoms with Crippen LogP contribution in [0.25, 0.3) is 0 Å². The molecule has 8 heteroatoms. The summed E-state index contributed by atoms with van der Waals surface area (Å²) < 4.78 is 21.5. The molecule has 0 spiro atoms. The van der Waals surface area contributed by atoms with Crippen LogP contribution in [0.15, 0.2) is 30.3 Å². The number of amides is 1. The highest BCUT2D eigenvalue weighted by Gasteiger charge is 2.20. The average Bonchev–Trinajstić information content (AvgIpc) is 2.71. The Labute approximate surface area is 169 Å². The highest BCUT2D eigenvalue weighted by molar-refractivity contribution is 6.07. The van der Waals surface area contributed by atoms with E-state index in [4.69, 9.17) is 14.2 Å². The normalized spacial score (nSPS) is 10.2. The Morgan fingerprint density at radius 1 is 0.966 bits per heavy atom. The van der Waals surface area contributed by atoms with E-state index < -0.39 is 11.9 Å². The number of ether oxygens (including phenoxy) is 4. The smallest absolute Gasteiger partial charge is 0.341 e. The van der Waals surface area contributed by atoms with Gasteiger partial charge in [0.25, 0.3) is 5.91 Å². The molecular weight excluding hydrogens is 378 g/mol. The summed E-state index contributed by atoms with van der Waals surface area (Å²) in [5.74, 6) is -0.447. The van der Waals surface area contributed by atoms with Gasteiger partial charge in [0.05, 0.1) is 32.6 Å². The minimum absolute atomic E-state index is 0.0537. The van der Waals surface area contributed by atoms with Crippen molar-refractivity contribution < 1.29 is 33.6 Å². The number of nitrogens with one attached hydrogen (secondary N) is 1.